The summed E-state index contributed by atoms with van der Waals surface area (Å²) < 4.78 is 15.7. The number of hydrogen-bond donors (Lipinski definition) is 0. The first kappa shape index (κ1) is 13.3. The van der Waals surface area contributed by atoms with Crippen LogP contribution in [0.3, 0.4) is 0 Å². The molecule has 0 unspecified atom stereocenters. The smallest absolute Gasteiger partial charge is 0.296 e. The Balaban J connectivity index is 2.18. The maximum atomic E-state index is 13.2. The van der Waals surface area contributed by atoms with Gasteiger partial charge in [0.25, 0.3) is 5.56 Å². The van der Waals surface area contributed by atoms with E-state index in [1.165, 1.54) is 22.8 Å². The molecular weight excluding hydrogens is 273 g/mol. The minimum absolute atomic E-state index is 0.0171. The van der Waals surface area contributed by atoms with Gasteiger partial charge in [0.2, 0.25) is 0 Å². The summed E-state index contributed by atoms with van der Waals surface area (Å²) in [5, 5.41) is 9.17. The van der Waals surface area contributed by atoms with Crippen LogP contribution in [0.4, 0.5) is 4.39 Å². The highest BCUT2D eigenvalue weighted by molar-refractivity contribution is 5.33. The van der Waals surface area contributed by atoms with Gasteiger partial charge in [-0.05, 0) is 30.5 Å². The molecule has 1 aromatic heterocycles. The first-order valence-electron chi connectivity index (χ1n) is 6.63. The summed E-state index contributed by atoms with van der Waals surface area (Å²) in [5.74, 6) is -0.428. The van der Waals surface area contributed by atoms with Crippen molar-refractivity contribution in [2.24, 2.45) is 0 Å². The highest BCUT2D eigenvalue weighted by Gasteiger charge is 2.22. The minimum Gasteiger partial charge on any atom is -0.296 e. The Morgan fingerprint density at radius 2 is 2.14 bits per heavy atom. The first-order chi connectivity index (χ1) is 10.1. The molecule has 0 aliphatic carbocycles. The predicted molar refractivity (Wildman–Crippen MR) is 73.5 cm³/mol. The van der Waals surface area contributed by atoms with Crippen LogP contribution in [-0.2, 0) is 19.5 Å². The highest BCUT2D eigenvalue weighted by Crippen LogP contribution is 2.13. The monoisotopic (exact) mass is 285 g/mol. The van der Waals surface area contributed by atoms with Crippen LogP contribution in [0.25, 0.3) is 0 Å². The fourth-order valence-electron chi connectivity index (χ4n) is 2.71. The van der Waals surface area contributed by atoms with E-state index in [1.807, 2.05) is 6.07 Å². The number of fused-ring (bicyclic) bond motifs is 1. The summed E-state index contributed by atoms with van der Waals surface area (Å²) in [5.41, 5.74) is 0.0128. The van der Waals surface area contributed by atoms with E-state index in [4.69, 9.17) is 5.26 Å². The lowest BCUT2D eigenvalue weighted by atomic mass is 10.2. The Bertz CT molecular complexity index is 874. The SMILES string of the molecule is N#Cc1c2n(c(=O)n(Cc3cccc(F)c3)c1=O)CCC2. The average Bonchev–Trinajstić information content (AvgIpc) is 2.93. The van der Waals surface area contributed by atoms with Gasteiger partial charge in [-0.25, -0.2) is 9.18 Å². The third-order valence-corrected chi connectivity index (χ3v) is 3.67. The van der Waals surface area contributed by atoms with Crippen LogP contribution in [-0.4, -0.2) is 9.13 Å². The zero-order valence-electron chi connectivity index (χ0n) is 11.2. The average molecular weight is 285 g/mol. The third kappa shape index (κ3) is 2.17. The second-order valence-electron chi connectivity index (χ2n) is 4.99. The summed E-state index contributed by atoms with van der Waals surface area (Å²) in [4.78, 5) is 24.7. The van der Waals surface area contributed by atoms with E-state index in [-0.39, 0.29) is 12.1 Å². The van der Waals surface area contributed by atoms with Gasteiger partial charge in [-0.1, -0.05) is 12.1 Å². The fourth-order valence-corrected chi connectivity index (χ4v) is 2.71. The lowest BCUT2D eigenvalue weighted by molar-refractivity contribution is 0.594. The largest absolute Gasteiger partial charge is 0.331 e. The molecule has 0 bridgehead atoms. The van der Waals surface area contributed by atoms with Crippen molar-refractivity contribution in [1.29, 1.82) is 5.26 Å². The van der Waals surface area contributed by atoms with Gasteiger partial charge in [-0.2, -0.15) is 5.26 Å². The molecule has 0 radical (unpaired) electrons. The number of rotatable bonds is 2. The summed E-state index contributed by atoms with van der Waals surface area (Å²) >= 11 is 0. The molecule has 5 nitrogen and oxygen atoms in total. The molecule has 1 aromatic carbocycles. The maximum Gasteiger partial charge on any atom is 0.331 e. The van der Waals surface area contributed by atoms with Gasteiger partial charge < -0.3 is 0 Å². The van der Waals surface area contributed by atoms with Crippen molar-refractivity contribution in [2.75, 3.05) is 0 Å². The second kappa shape index (κ2) is 5.02. The molecule has 1 aliphatic heterocycles. The molecule has 6 heteroatoms. The Morgan fingerprint density at radius 1 is 1.33 bits per heavy atom. The lowest BCUT2D eigenvalue weighted by Gasteiger charge is -2.11. The number of halogens is 1. The van der Waals surface area contributed by atoms with E-state index in [2.05, 4.69) is 0 Å². The molecule has 0 atom stereocenters. The summed E-state index contributed by atoms with van der Waals surface area (Å²) in [6.07, 6.45) is 1.31. The highest BCUT2D eigenvalue weighted by atomic mass is 19.1. The number of hydrogen-bond acceptors (Lipinski definition) is 3. The minimum atomic E-state index is -0.597. The van der Waals surface area contributed by atoms with E-state index < -0.39 is 17.1 Å². The molecule has 0 saturated heterocycles. The van der Waals surface area contributed by atoms with Gasteiger partial charge in [-0.3, -0.25) is 13.9 Å². The van der Waals surface area contributed by atoms with Crippen molar-refractivity contribution in [2.45, 2.75) is 25.9 Å². The molecule has 0 saturated carbocycles. The van der Waals surface area contributed by atoms with Gasteiger partial charge >= 0.3 is 5.69 Å². The van der Waals surface area contributed by atoms with Crippen molar-refractivity contribution < 1.29 is 4.39 Å². The molecule has 1 aliphatic rings. The standard InChI is InChI=1S/C15H12FN3O2/c16-11-4-1-3-10(7-11)9-19-14(20)12(8-17)13-5-2-6-18(13)15(19)21/h1,3-4,7H,2,5-6,9H2. The molecule has 3 rings (SSSR count). The number of benzene rings is 1. The predicted octanol–water partition coefficient (Wildman–Crippen LogP) is 1.02. The van der Waals surface area contributed by atoms with Crippen molar-refractivity contribution in [3.63, 3.8) is 0 Å². The van der Waals surface area contributed by atoms with Gasteiger partial charge in [0.15, 0.2) is 0 Å². The Kier molecular flexibility index (Phi) is 3.18. The molecule has 2 heterocycles. The molecule has 106 valence electrons. The van der Waals surface area contributed by atoms with Crippen molar-refractivity contribution >= 4 is 0 Å². The quantitative estimate of drug-likeness (QED) is 0.827. The van der Waals surface area contributed by atoms with E-state index in [0.29, 0.717) is 24.2 Å². The van der Waals surface area contributed by atoms with Crippen LogP contribution >= 0.6 is 0 Å². The van der Waals surface area contributed by atoms with Crippen LogP contribution in [0.2, 0.25) is 0 Å². The van der Waals surface area contributed by atoms with Gasteiger partial charge in [0.1, 0.15) is 17.4 Å². The summed E-state index contributed by atoms with van der Waals surface area (Å²) in [6.45, 7) is 0.469. The maximum absolute atomic E-state index is 13.2. The van der Waals surface area contributed by atoms with Crippen molar-refractivity contribution in [3.8, 4) is 6.07 Å². The topological polar surface area (TPSA) is 67.8 Å². The molecule has 0 amide bonds. The van der Waals surface area contributed by atoms with Crippen molar-refractivity contribution in [3.05, 3.63) is 67.7 Å². The van der Waals surface area contributed by atoms with Crippen LogP contribution < -0.4 is 11.2 Å². The van der Waals surface area contributed by atoms with E-state index in [9.17, 15) is 14.0 Å². The number of nitriles is 1. The van der Waals surface area contributed by atoms with Crippen LogP contribution in [0.5, 0.6) is 0 Å². The van der Waals surface area contributed by atoms with Crippen molar-refractivity contribution in [1.82, 2.24) is 9.13 Å². The summed E-state index contributed by atoms with van der Waals surface area (Å²) in [7, 11) is 0. The van der Waals surface area contributed by atoms with E-state index in [1.54, 1.807) is 6.07 Å². The molecule has 0 fully saturated rings. The third-order valence-electron chi connectivity index (χ3n) is 3.67. The Labute approximate surface area is 119 Å². The number of nitrogens with zero attached hydrogens (tertiary/aromatic N) is 3. The van der Waals surface area contributed by atoms with Crippen LogP contribution in [0.15, 0.2) is 33.9 Å². The zero-order chi connectivity index (χ0) is 15.0. The Hall–Kier alpha value is -2.68. The van der Waals surface area contributed by atoms with E-state index in [0.717, 1.165) is 11.0 Å². The van der Waals surface area contributed by atoms with Crippen LogP contribution in [0.1, 0.15) is 23.2 Å². The van der Waals surface area contributed by atoms with Gasteiger partial charge in [0, 0.05) is 12.2 Å². The van der Waals surface area contributed by atoms with Crippen LogP contribution in [0, 0.1) is 17.1 Å². The molecule has 0 spiro atoms. The van der Waals surface area contributed by atoms with Gasteiger partial charge in [-0.15, -0.1) is 0 Å². The first-order valence-corrected chi connectivity index (χ1v) is 6.63. The lowest BCUT2D eigenvalue weighted by Crippen LogP contribution is -2.41. The molecule has 2 aromatic rings. The second-order valence-corrected chi connectivity index (χ2v) is 4.99. The fraction of sp³-hybridized carbons (Fsp3) is 0.267. The Morgan fingerprint density at radius 3 is 2.86 bits per heavy atom. The molecule has 21 heavy (non-hydrogen) atoms. The van der Waals surface area contributed by atoms with Gasteiger partial charge in [0.05, 0.1) is 6.54 Å². The molecular formula is C15H12FN3O2. The number of aromatic nitrogens is 2. The van der Waals surface area contributed by atoms with E-state index >= 15 is 0 Å². The zero-order valence-corrected chi connectivity index (χ0v) is 11.2. The normalized spacial score (nSPS) is 13.0. The summed E-state index contributed by atoms with van der Waals surface area (Å²) in [6, 6.07) is 7.62. The molecule has 0 N–H and O–H groups in total.